The number of carbonyl (C=O) groups is 2. The van der Waals surface area contributed by atoms with Crippen LogP contribution in [0.4, 0.5) is 13.2 Å². The first-order valence-corrected chi connectivity index (χ1v) is 7.44. The fourth-order valence-corrected chi connectivity index (χ4v) is 2.00. The molecule has 0 aromatic carbocycles. The summed E-state index contributed by atoms with van der Waals surface area (Å²) in [5, 5.41) is 9.79. The van der Waals surface area contributed by atoms with Crippen molar-refractivity contribution in [3.05, 3.63) is 0 Å². The number of carboxylic acids is 1. The topological polar surface area (TPSA) is 66.4 Å². The van der Waals surface area contributed by atoms with E-state index in [4.69, 9.17) is 9.90 Å². The van der Waals surface area contributed by atoms with Gasteiger partial charge in [0, 0.05) is 13.5 Å². The van der Waals surface area contributed by atoms with Crippen molar-refractivity contribution < 1.29 is 32.3 Å². The Balaban J connectivity index is 0. The van der Waals surface area contributed by atoms with Gasteiger partial charge >= 0.3 is 12.1 Å². The molecule has 0 spiro atoms. The number of carboxylic acid groups (broad SMARTS) is 1. The molecule has 0 heterocycles. The van der Waals surface area contributed by atoms with Crippen molar-refractivity contribution in [1.29, 1.82) is 0 Å². The van der Waals surface area contributed by atoms with Gasteiger partial charge in [0.05, 0.1) is 26.2 Å². The lowest BCUT2D eigenvalue weighted by Crippen LogP contribution is -2.48. The molecule has 0 aliphatic heterocycles. The Kier molecular flexibility index (Phi) is 11.8. The van der Waals surface area contributed by atoms with Gasteiger partial charge in [0.1, 0.15) is 0 Å². The van der Waals surface area contributed by atoms with Gasteiger partial charge in [-0.3, -0.25) is 4.79 Å². The predicted molar refractivity (Wildman–Crippen MR) is 78.4 cm³/mol. The molecule has 8 heteroatoms. The van der Waals surface area contributed by atoms with E-state index in [2.05, 4.69) is 26.1 Å². The third kappa shape index (κ3) is 10.4. The summed E-state index contributed by atoms with van der Waals surface area (Å²) in [5.74, 6) is -2.59. The summed E-state index contributed by atoms with van der Waals surface area (Å²) in [7, 11) is 1.70. The molecule has 0 aromatic heterocycles. The maximum atomic E-state index is 11.0. The number of unbranched alkanes of at least 4 members (excludes halogenated alkanes) is 1. The third-order valence-electron chi connectivity index (χ3n) is 3.82. The molecule has 2 N–H and O–H groups in total. The molecule has 5 nitrogen and oxygen atoms in total. The van der Waals surface area contributed by atoms with Crippen molar-refractivity contribution in [2.75, 3.05) is 33.2 Å². The van der Waals surface area contributed by atoms with Gasteiger partial charge in [0.25, 0.3) is 0 Å². The Morgan fingerprint density at radius 3 is 1.73 bits per heavy atom. The van der Waals surface area contributed by atoms with Crippen molar-refractivity contribution in [2.45, 2.75) is 46.2 Å². The average molecular weight is 329 g/mol. The average Bonchev–Trinajstić information content (AvgIpc) is 2.47. The first kappa shape index (κ1) is 23.0. The summed E-state index contributed by atoms with van der Waals surface area (Å²) in [5.41, 5.74) is 0. The number of nitrogens with one attached hydrogen (secondary N) is 1. The standard InChI is InChI=1S/C12H26N2O.C2HF3O2/c1-5-14(6-2,7-3)11-9-8-10-12(15)13-4;3-2(4,5)1(6)7/h5-11H2,1-4H3;(H,6,7)/p+1. The highest BCUT2D eigenvalue weighted by Crippen LogP contribution is 2.13. The van der Waals surface area contributed by atoms with Crippen LogP contribution in [0, 0.1) is 0 Å². The van der Waals surface area contributed by atoms with E-state index >= 15 is 0 Å². The van der Waals surface area contributed by atoms with E-state index in [-0.39, 0.29) is 5.91 Å². The zero-order valence-corrected chi connectivity index (χ0v) is 13.8. The van der Waals surface area contributed by atoms with E-state index in [0.717, 1.165) is 12.8 Å². The van der Waals surface area contributed by atoms with E-state index in [1.807, 2.05) is 0 Å². The Labute approximate surface area is 130 Å². The van der Waals surface area contributed by atoms with Gasteiger partial charge in [0.2, 0.25) is 5.91 Å². The van der Waals surface area contributed by atoms with Crippen LogP contribution in [0.15, 0.2) is 0 Å². The van der Waals surface area contributed by atoms with Crippen molar-refractivity contribution in [1.82, 2.24) is 5.32 Å². The summed E-state index contributed by atoms with van der Waals surface area (Å²) in [6.07, 6.45) is -2.24. The molecule has 22 heavy (non-hydrogen) atoms. The van der Waals surface area contributed by atoms with E-state index < -0.39 is 12.1 Å². The normalized spacial score (nSPS) is 11.4. The number of nitrogens with zero attached hydrogens (tertiary/aromatic N) is 1. The maximum Gasteiger partial charge on any atom is 0.490 e. The van der Waals surface area contributed by atoms with E-state index in [0.29, 0.717) is 6.42 Å². The molecular formula is C14H28F3N2O3+. The van der Waals surface area contributed by atoms with Gasteiger partial charge in [-0.25, -0.2) is 4.79 Å². The molecule has 132 valence electrons. The molecule has 0 atom stereocenters. The zero-order chi connectivity index (χ0) is 17.8. The number of hydrogen-bond acceptors (Lipinski definition) is 2. The minimum atomic E-state index is -5.08. The number of halogens is 3. The highest BCUT2D eigenvalue weighted by Gasteiger charge is 2.38. The van der Waals surface area contributed by atoms with Gasteiger partial charge in [-0.05, 0) is 33.6 Å². The third-order valence-corrected chi connectivity index (χ3v) is 3.82. The van der Waals surface area contributed by atoms with Crippen LogP contribution in [0.3, 0.4) is 0 Å². The number of amides is 1. The molecule has 0 bridgehead atoms. The summed E-state index contributed by atoms with van der Waals surface area (Å²) in [6.45, 7) is 11.6. The van der Waals surface area contributed by atoms with Crippen LogP contribution in [0.2, 0.25) is 0 Å². The zero-order valence-electron chi connectivity index (χ0n) is 13.8. The summed E-state index contributed by atoms with van der Waals surface area (Å²) in [4.78, 5) is 19.9. The highest BCUT2D eigenvalue weighted by atomic mass is 19.4. The lowest BCUT2D eigenvalue weighted by molar-refractivity contribution is -0.923. The number of aliphatic carboxylic acids is 1. The van der Waals surface area contributed by atoms with Gasteiger partial charge < -0.3 is 14.9 Å². The van der Waals surface area contributed by atoms with Gasteiger partial charge in [-0.1, -0.05) is 0 Å². The Morgan fingerprint density at radius 2 is 1.45 bits per heavy atom. The van der Waals surface area contributed by atoms with Gasteiger partial charge in [-0.2, -0.15) is 13.2 Å². The number of alkyl halides is 3. The molecule has 0 aromatic rings. The van der Waals surface area contributed by atoms with Crippen LogP contribution in [0.1, 0.15) is 40.0 Å². The van der Waals surface area contributed by atoms with Crippen LogP contribution in [0.25, 0.3) is 0 Å². The number of carbonyl (C=O) groups excluding carboxylic acids is 1. The molecule has 0 aliphatic rings. The second kappa shape index (κ2) is 11.3. The molecule has 0 saturated heterocycles. The molecule has 0 aliphatic carbocycles. The monoisotopic (exact) mass is 329 g/mol. The van der Waals surface area contributed by atoms with Gasteiger partial charge in [0.15, 0.2) is 0 Å². The molecule has 0 unspecified atom stereocenters. The lowest BCUT2D eigenvalue weighted by Gasteiger charge is -2.35. The van der Waals surface area contributed by atoms with Crippen LogP contribution in [-0.4, -0.2) is 60.9 Å². The van der Waals surface area contributed by atoms with Crippen LogP contribution >= 0.6 is 0 Å². The second-order valence-corrected chi connectivity index (χ2v) is 4.95. The molecule has 0 saturated carbocycles. The Morgan fingerprint density at radius 1 is 1.05 bits per heavy atom. The van der Waals surface area contributed by atoms with Crippen LogP contribution in [-0.2, 0) is 9.59 Å². The van der Waals surface area contributed by atoms with Crippen LogP contribution in [0.5, 0.6) is 0 Å². The summed E-state index contributed by atoms with van der Waals surface area (Å²) >= 11 is 0. The van der Waals surface area contributed by atoms with Crippen molar-refractivity contribution >= 4 is 11.9 Å². The lowest BCUT2D eigenvalue weighted by atomic mass is 10.2. The smallest absolute Gasteiger partial charge is 0.475 e. The molecule has 0 fully saturated rings. The molecule has 0 radical (unpaired) electrons. The fourth-order valence-electron chi connectivity index (χ4n) is 2.00. The molecular weight excluding hydrogens is 301 g/mol. The van der Waals surface area contributed by atoms with Crippen molar-refractivity contribution in [2.24, 2.45) is 0 Å². The Bertz CT molecular complexity index is 322. The molecule has 0 rings (SSSR count). The molecule has 1 amide bonds. The predicted octanol–water partition coefficient (Wildman–Crippen LogP) is 2.41. The minimum absolute atomic E-state index is 0.164. The first-order valence-electron chi connectivity index (χ1n) is 7.44. The van der Waals surface area contributed by atoms with Crippen molar-refractivity contribution in [3.8, 4) is 0 Å². The highest BCUT2D eigenvalue weighted by molar-refractivity contribution is 5.75. The largest absolute Gasteiger partial charge is 0.490 e. The van der Waals surface area contributed by atoms with Crippen LogP contribution < -0.4 is 5.32 Å². The number of rotatable bonds is 8. The number of quaternary nitrogens is 1. The van der Waals surface area contributed by atoms with E-state index in [1.165, 1.54) is 30.7 Å². The quantitative estimate of drug-likeness (QED) is 0.531. The second-order valence-electron chi connectivity index (χ2n) is 4.95. The number of hydrogen-bond donors (Lipinski definition) is 2. The van der Waals surface area contributed by atoms with Gasteiger partial charge in [-0.15, -0.1) is 0 Å². The SMILES string of the molecule is CC[N+](CC)(CC)CCCCC(=O)NC.O=C(O)C(F)(F)F. The summed E-state index contributed by atoms with van der Waals surface area (Å²) in [6, 6.07) is 0. The van der Waals surface area contributed by atoms with E-state index in [9.17, 15) is 18.0 Å². The van der Waals surface area contributed by atoms with E-state index in [1.54, 1.807) is 7.05 Å². The minimum Gasteiger partial charge on any atom is -0.475 e. The van der Waals surface area contributed by atoms with Crippen molar-refractivity contribution in [3.63, 3.8) is 0 Å². The fraction of sp³-hybridized carbons (Fsp3) is 0.857. The Hall–Kier alpha value is -1.31. The first-order chi connectivity index (χ1) is 10.1. The summed E-state index contributed by atoms with van der Waals surface area (Å²) < 4.78 is 32.9. The maximum absolute atomic E-state index is 11.0.